The van der Waals surface area contributed by atoms with E-state index in [0.29, 0.717) is 11.4 Å². The number of carbonyl (C=O) groups excluding carboxylic acids is 1. The van der Waals surface area contributed by atoms with Crippen LogP contribution in [-0.2, 0) is 0 Å². The molecule has 2 N–H and O–H groups in total. The summed E-state index contributed by atoms with van der Waals surface area (Å²) < 4.78 is 0. The first-order valence-electron chi connectivity index (χ1n) is 5.47. The first-order valence-corrected chi connectivity index (χ1v) is 5.47. The van der Waals surface area contributed by atoms with Crippen LogP contribution in [0.25, 0.3) is 11.3 Å². The van der Waals surface area contributed by atoms with Crippen molar-refractivity contribution in [1.82, 2.24) is 14.9 Å². The molecule has 1 amide bonds. The lowest BCUT2D eigenvalue weighted by Crippen LogP contribution is -2.21. The van der Waals surface area contributed by atoms with Crippen molar-refractivity contribution in [3.8, 4) is 11.3 Å². The van der Waals surface area contributed by atoms with Crippen LogP contribution in [0.1, 0.15) is 10.4 Å². The summed E-state index contributed by atoms with van der Waals surface area (Å²) in [5.74, 6) is 0.364. The number of aromatic nitrogens is 2. The molecule has 0 saturated heterocycles. The van der Waals surface area contributed by atoms with E-state index in [1.54, 1.807) is 32.4 Å². The molecule has 18 heavy (non-hydrogen) atoms. The van der Waals surface area contributed by atoms with Gasteiger partial charge in [-0.05, 0) is 12.1 Å². The quantitative estimate of drug-likeness (QED) is 0.864. The zero-order chi connectivity index (χ0) is 13.1. The van der Waals surface area contributed by atoms with Gasteiger partial charge in [0.15, 0.2) is 0 Å². The number of amides is 1. The summed E-state index contributed by atoms with van der Waals surface area (Å²) >= 11 is 0. The van der Waals surface area contributed by atoms with Crippen LogP contribution in [0.4, 0.5) is 5.82 Å². The van der Waals surface area contributed by atoms with E-state index in [1.807, 2.05) is 12.1 Å². The highest BCUT2D eigenvalue weighted by molar-refractivity contribution is 5.94. The van der Waals surface area contributed by atoms with Gasteiger partial charge in [0, 0.05) is 25.2 Å². The van der Waals surface area contributed by atoms with Gasteiger partial charge in [-0.1, -0.05) is 12.1 Å². The van der Waals surface area contributed by atoms with Crippen molar-refractivity contribution in [1.29, 1.82) is 0 Å². The van der Waals surface area contributed by atoms with Crippen LogP contribution in [0.5, 0.6) is 0 Å². The minimum atomic E-state index is -0.0232. The van der Waals surface area contributed by atoms with Gasteiger partial charge in [0.05, 0.1) is 18.1 Å². The number of hydrogen-bond acceptors (Lipinski definition) is 4. The number of rotatable bonds is 2. The maximum atomic E-state index is 11.7. The summed E-state index contributed by atoms with van der Waals surface area (Å²) in [4.78, 5) is 21.4. The molecule has 0 saturated carbocycles. The maximum absolute atomic E-state index is 11.7. The lowest BCUT2D eigenvalue weighted by molar-refractivity contribution is 0.0827. The summed E-state index contributed by atoms with van der Waals surface area (Å²) in [6.07, 6.45) is 3.12. The van der Waals surface area contributed by atoms with Gasteiger partial charge in [-0.2, -0.15) is 0 Å². The molecule has 0 aliphatic heterocycles. The third-order valence-corrected chi connectivity index (χ3v) is 2.51. The highest BCUT2D eigenvalue weighted by atomic mass is 16.2. The van der Waals surface area contributed by atoms with Crippen molar-refractivity contribution in [2.75, 3.05) is 19.8 Å². The highest BCUT2D eigenvalue weighted by Gasteiger charge is 2.08. The fourth-order valence-corrected chi connectivity index (χ4v) is 1.53. The number of carbonyl (C=O) groups is 1. The number of benzene rings is 1. The van der Waals surface area contributed by atoms with Crippen molar-refractivity contribution in [2.24, 2.45) is 0 Å². The fraction of sp³-hybridized carbons (Fsp3) is 0.154. The molecule has 1 aromatic carbocycles. The normalized spacial score (nSPS) is 10.1. The smallest absolute Gasteiger partial charge is 0.253 e. The van der Waals surface area contributed by atoms with Gasteiger partial charge in [-0.25, -0.2) is 4.98 Å². The molecular weight excluding hydrogens is 228 g/mol. The number of hydrogen-bond donors (Lipinski definition) is 1. The van der Waals surface area contributed by atoms with Crippen LogP contribution in [0.15, 0.2) is 36.7 Å². The molecule has 0 aliphatic rings. The first kappa shape index (κ1) is 12.0. The Morgan fingerprint density at radius 2 is 1.78 bits per heavy atom. The van der Waals surface area contributed by atoms with E-state index in [0.717, 1.165) is 11.3 Å². The number of nitrogen functional groups attached to an aromatic ring is 1. The fourth-order valence-electron chi connectivity index (χ4n) is 1.53. The zero-order valence-electron chi connectivity index (χ0n) is 10.3. The first-order chi connectivity index (χ1) is 8.58. The summed E-state index contributed by atoms with van der Waals surface area (Å²) in [6.45, 7) is 0. The van der Waals surface area contributed by atoms with Crippen LogP contribution in [-0.4, -0.2) is 34.9 Å². The summed E-state index contributed by atoms with van der Waals surface area (Å²) in [5.41, 5.74) is 7.75. The second-order valence-corrected chi connectivity index (χ2v) is 4.10. The molecule has 1 aromatic heterocycles. The number of nitrogens with zero attached hydrogens (tertiary/aromatic N) is 3. The van der Waals surface area contributed by atoms with Crippen LogP contribution in [0.2, 0.25) is 0 Å². The molecule has 1 heterocycles. The Bertz CT molecular complexity index is 546. The van der Waals surface area contributed by atoms with Gasteiger partial charge in [0.1, 0.15) is 5.82 Å². The predicted molar refractivity (Wildman–Crippen MR) is 69.9 cm³/mol. The Kier molecular flexibility index (Phi) is 3.23. The molecule has 92 valence electrons. The van der Waals surface area contributed by atoms with Crippen molar-refractivity contribution in [3.05, 3.63) is 42.2 Å². The number of anilines is 1. The standard InChI is InChI=1S/C13H14N4O/c1-17(2)13(18)10-5-3-9(4-6-10)11-7-16-12(14)8-15-11/h3-8H,1-2H3,(H2,14,16). The third kappa shape index (κ3) is 2.45. The monoisotopic (exact) mass is 242 g/mol. The minimum Gasteiger partial charge on any atom is -0.382 e. The van der Waals surface area contributed by atoms with E-state index in [4.69, 9.17) is 5.73 Å². The highest BCUT2D eigenvalue weighted by Crippen LogP contribution is 2.17. The van der Waals surface area contributed by atoms with Gasteiger partial charge < -0.3 is 10.6 Å². The molecular formula is C13H14N4O. The largest absolute Gasteiger partial charge is 0.382 e. The lowest BCUT2D eigenvalue weighted by atomic mass is 10.1. The molecule has 0 radical (unpaired) electrons. The molecule has 0 atom stereocenters. The van der Waals surface area contributed by atoms with E-state index in [-0.39, 0.29) is 5.91 Å². The average molecular weight is 242 g/mol. The predicted octanol–water partition coefficient (Wildman–Crippen LogP) is 1.43. The van der Waals surface area contributed by atoms with E-state index >= 15 is 0 Å². The average Bonchev–Trinajstić information content (AvgIpc) is 2.39. The Hall–Kier alpha value is -2.43. The molecule has 5 heteroatoms. The van der Waals surface area contributed by atoms with Crippen molar-refractivity contribution in [3.63, 3.8) is 0 Å². The summed E-state index contributed by atoms with van der Waals surface area (Å²) in [5, 5.41) is 0. The molecule has 0 aliphatic carbocycles. The van der Waals surface area contributed by atoms with E-state index in [2.05, 4.69) is 9.97 Å². The lowest BCUT2D eigenvalue weighted by Gasteiger charge is -2.10. The Labute approximate surface area is 105 Å². The Morgan fingerprint density at radius 3 is 2.28 bits per heavy atom. The van der Waals surface area contributed by atoms with Gasteiger partial charge in [-0.15, -0.1) is 0 Å². The van der Waals surface area contributed by atoms with Crippen molar-refractivity contribution >= 4 is 11.7 Å². The van der Waals surface area contributed by atoms with Crippen LogP contribution in [0, 0.1) is 0 Å². The van der Waals surface area contributed by atoms with Crippen LogP contribution < -0.4 is 5.73 Å². The number of nitrogens with two attached hydrogens (primary N) is 1. The van der Waals surface area contributed by atoms with Crippen LogP contribution >= 0.6 is 0 Å². The van der Waals surface area contributed by atoms with Gasteiger partial charge >= 0.3 is 0 Å². The summed E-state index contributed by atoms with van der Waals surface area (Å²) in [6, 6.07) is 7.24. The van der Waals surface area contributed by atoms with Crippen molar-refractivity contribution < 1.29 is 4.79 Å². The molecule has 0 fully saturated rings. The van der Waals surface area contributed by atoms with E-state index in [9.17, 15) is 4.79 Å². The van der Waals surface area contributed by atoms with E-state index in [1.165, 1.54) is 11.1 Å². The minimum absolute atomic E-state index is 0.0232. The zero-order valence-corrected chi connectivity index (χ0v) is 10.3. The molecule has 0 unspecified atom stereocenters. The Balaban J connectivity index is 2.27. The van der Waals surface area contributed by atoms with Gasteiger partial charge in [0.2, 0.25) is 0 Å². The van der Waals surface area contributed by atoms with Crippen molar-refractivity contribution in [2.45, 2.75) is 0 Å². The maximum Gasteiger partial charge on any atom is 0.253 e. The van der Waals surface area contributed by atoms with E-state index < -0.39 is 0 Å². The molecule has 0 bridgehead atoms. The van der Waals surface area contributed by atoms with Gasteiger partial charge in [-0.3, -0.25) is 9.78 Å². The molecule has 2 aromatic rings. The summed E-state index contributed by atoms with van der Waals surface area (Å²) in [7, 11) is 3.45. The van der Waals surface area contributed by atoms with Gasteiger partial charge in [0.25, 0.3) is 5.91 Å². The molecule has 2 rings (SSSR count). The van der Waals surface area contributed by atoms with Crippen LogP contribution in [0.3, 0.4) is 0 Å². The molecule has 0 spiro atoms. The SMILES string of the molecule is CN(C)C(=O)c1ccc(-c2cnc(N)cn2)cc1. The second-order valence-electron chi connectivity index (χ2n) is 4.10. The second kappa shape index (κ2) is 4.83. The third-order valence-electron chi connectivity index (χ3n) is 2.51. The Morgan fingerprint density at radius 1 is 1.11 bits per heavy atom. The topological polar surface area (TPSA) is 72.1 Å². The molecule has 5 nitrogen and oxygen atoms in total.